The van der Waals surface area contributed by atoms with E-state index in [-0.39, 0.29) is 5.78 Å². The van der Waals surface area contributed by atoms with E-state index in [0.29, 0.717) is 11.6 Å². The van der Waals surface area contributed by atoms with Crippen LogP contribution in [0.5, 0.6) is 0 Å². The molecule has 0 aromatic carbocycles. The van der Waals surface area contributed by atoms with Gasteiger partial charge in [-0.05, 0) is 25.7 Å². The van der Waals surface area contributed by atoms with E-state index in [1.807, 2.05) is 0 Å². The Balaban J connectivity index is 2.03. The highest BCUT2D eigenvalue weighted by atomic mass is 79.9. The van der Waals surface area contributed by atoms with Gasteiger partial charge in [0.25, 0.3) is 0 Å². The van der Waals surface area contributed by atoms with Gasteiger partial charge in [-0.15, -0.1) is 11.3 Å². The van der Waals surface area contributed by atoms with Crippen LogP contribution in [0.3, 0.4) is 0 Å². The number of carbonyl (C=O) groups excluding carboxylic acids is 1. The molecule has 0 amide bonds. The van der Waals surface area contributed by atoms with Gasteiger partial charge < -0.3 is 0 Å². The predicted molar refractivity (Wildman–Crippen MR) is 67.3 cm³/mol. The van der Waals surface area contributed by atoms with Crippen molar-refractivity contribution in [3.05, 3.63) is 15.6 Å². The number of halogens is 2. The Bertz CT molecular complexity index is 437. The Morgan fingerprint density at radius 2 is 2.13 bits per heavy atom. The van der Waals surface area contributed by atoms with E-state index >= 15 is 0 Å². The molecule has 0 aliphatic heterocycles. The highest BCUT2D eigenvalue weighted by Crippen LogP contribution is 2.46. The van der Waals surface area contributed by atoms with E-state index < -0.39 is 3.23 Å². The summed E-state index contributed by atoms with van der Waals surface area (Å²) in [6.07, 6.45) is 4.25. The summed E-state index contributed by atoms with van der Waals surface area (Å²) in [5, 5.41) is 1.17. The average Bonchev–Trinajstić information content (AvgIpc) is 2.93. The predicted octanol–water partition coefficient (Wildman–Crippen LogP) is 3.64. The van der Waals surface area contributed by atoms with Crippen LogP contribution < -0.4 is 0 Å². The summed E-state index contributed by atoms with van der Waals surface area (Å²) in [5.41, 5.74) is 0.696. The summed E-state index contributed by atoms with van der Waals surface area (Å²) in [4.78, 5) is 17.7. The third kappa shape index (κ3) is 1.72. The largest absolute Gasteiger partial charge is 0.290 e. The van der Waals surface area contributed by atoms with Gasteiger partial charge in [0.15, 0.2) is 0 Å². The number of nitrogens with zero attached hydrogens (tertiary/aromatic N) is 1. The van der Waals surface area contributed by atoms with Crippen LogP contribution in [0.15, 0.2) is 0 Å². The topological polar surface area (TPSA) is 30.0 Å². The monoisotopic (exact) mass is 349 g/mol. The van der Waals surface area contributed by atoms with Crippen LogP contribution in [-0.4, -0.2) is 14.0 Å². The van der Waals surface area contributed by atoms with Gasteiger partial charge in [-0.1, -0.05) is 31.9 Å². The Morgan fingerprint density at radius 3 is 2.80 bits per heavy atom. The Kier molecular flexibility index (Phi) is 2.34. The summed E-state index contributed by atoms with van der Waals surface area (Å²) in [5.74, 6) is 0.736. The number of thiazole rings is 1. The quantitative estimate of drug-likeness (QED) is 0.724. The van der Waals surface area contributed by atoms with Crippen LogP contribution in [0.2, 0.25) is 0 Å². The van der Waals surface area contributed by atoms with Crippen LogP contribution in [0.4, 0.5) is 0 Å². The molecule has 2 aliphatic carbocycles. The first-order valence-electron chi connectivity index (χ1n) is 5.00. The van der Waals surface area contributed by atoms with Crippen molar-refractivity contribution in [1.29, 1.82) is 0 Å². The first-order valence-corrected chi connectivity index (χ1v) is 7.40. The minimum absolute atomic E-state index is 0.0897. The number of ketones is 1. The number of carbonyl (C=O) groups is 1. The van der Waals surface area contributed by atoms with Gasteiger partial charge in [-0.3, -0.25) is 4.79 Å². The molecule has 0 bridgehead atoms. The van der Waals surface area contributed by atoms with Crippen LogP contribution in [0.1, 0.15) is 45.6 Å². The van der Waals surface area contributed by atoms with Crippen LogP contribution >= 0.6 is 43.2 Å². The number of hydrogen-bond acceptors (Lipinski definition) is 3. The lowest BCUT2D eigenvalue weighted by Gasteiger charge is -2.22. The molecule has 1 heterocycles. The molecule has 3 rings (SSSR count). The van der Waals surface area contributed by atoms with Crippen molar-refractivity contribution in [2.45, 2.75) is 34.8 Å². The van der Waals surface area contributed by atoms with Crippen molar-refractivity contribution >= 4 is 49.0 Å². The second kappa shape index (κ2) is 3.37. The van der Waals surface area contributed by atoms with Crippen molar-refractivity contribution in [3.63, 3.8) is 0 Å². The fraction of sp³-hybridized carbons (Fsp3) is 0.600. The normalized spacial score (nSPS) is 24.0. The number of alkyl halides is 2. The molecule has 1 saturated carbocycles. The van der Waals surface area contributed by atoms with E-state index in [1.54, 1.807) is 11.3 Å². The highest BCUT2D eigenvalue weighted by molar-refractivity contribution is 9.26. The van der Waals surface area contributed by atoms with E-state index in [1.165, 1.54) is 22.7 Å². The van der Waals surface area contributed by atoms with Gasteiger partial charge in [0.2, 0.25) is 5.78 Å². The molecule has 1 aromatic heterocycles. The molecular formula is C10H9Br2NOS. The maximum atomic E-state index is 12.0. The van der Waals surface area contributed by atoms with Crippen molar-refractivity contribution < 1.29 is 4.79 Å². The third-order valence-corrected chi connectivity index (χ3v) is 5.64. The zero-order valence-electron chi connectivity index (χ0n) is 7.93. The molecule has 15 heavy (non-hydrogen) atoms. The number of aromatic nitrogens is 1. The Labute approximate surface area is 109 Å². The van der Waals surface area contributed by atoms with Gasteiger partial charge >= 0.3 is 0 Å². The van der Waals surface area contributed by atoms with Crippen molar-refractivity contribution in [2.24, 2.45) is 0 Å². The maximum Gasteiger partial charge on any atom is 0.209 e. The second-order valence-corrected chi connectivity index (χ2v) is 9.02. The molecule has 80 valence electrons. The summed E-state index contributed by atoms with van der Waals surface area (Å²) in [6.45, 7) is 0. The second-order valence-electron chi connectivity index (χ2n) is 4.13. The maximum absolute atomic E-state index is 12.0. The molecule has 0 unspecified atom stereocenters. The number of Topliss-reactive ketones (excluding diaryl/α,β-unsaturated/α-hetero) is 1. The van der Waals surface area contributed by atoms with Gasteiger partial charge in [0, 0.05) is 10.8 Å². The molecule has 0 atom stereocenters. The minimum atomic E-state index is -0.568. The smallest absolute Gasteiger partial charge is 0.209 e. The molecule has 0 N–H and O–H groups in total. The van der Waals surface area contributed by atoms with Crippen LogP contribution in [0, 0.1) is 0 Å². The van der Waals surface area contributed by atoms with E-state index in [9.17, 15) is 4.79 Å². The van der Waals surface area contributed by atoms with E-state index in [4.69, 9.17) is 0 Å². The molecule has 0 spiro atoms. The average molecular weight is 351 g/mol. The molecule has 0 saturated heterocycles. The lowest BCUT2D eigenvalue weighted by Crippen LogP contribution is -2.30. The van der Waals surface area contributed by atoms with Gasteiger partial charge in [0.05, 0.1) is 5.01 Å². The van der Waals surface area contributed by atoms with Crippen molar-refractivity contribution in [2.75, 3.05) is 0 Å². The molecular weight excluding hydrogens is 342 g/mol. The van der Waals surface area contributed by atoms with Crippen LogP contribution in [-0.2, 0) is 6.42 Å². The third-order valence-electron chi connectivity index (χ3n) is 2.85. The van der Waals surface area contributed by atoms with E-state index in [0.717, 1.165) is 12.8 Å². The van der Waals surface area contributed by atoms with E-state index in [2.05, 4.69) is 36.8 Å². The van der Waals surface area contributed by atoms with Crippen molar-refractivity contribution in [1.82, 2.24) is 4.98 Å². The Hall–Kier alpha value is 0.260. The number of hydrogen-bond donors (Lipinski definition) is 0. The Morgan fingerprint density at radius 1 is 1.40 bits per heavy atom. The zero-order chi connectivity index (χ0) is 10.6. The van der Waals surface area contributed by atoms with Crippen LogP contribution in [0.25, 0.3) is 0 Å². The molecule has 5 heteroatoms. The zero-order valence-corrected chi connectivity index (χ0v) is 11.9. The lowest BCUT2D eigenvalue weighted by molar-refractivity contribution is 0.0968. The SMILES string of the molecule is O=C1c2nc(C3CC3)sc2CCC1(Br)Br. The highest BCUT2D eigenvalue weighted by Gasteiger charge is 2.41. The minimum Gasteiger partial charge on any atom is -0.290 e. The molecule has 1 aromatic rings. The fourth-order valence-electron chi connectivity index (χ4n) is 1.78. The summed E-state index contributed by atoms with van der Waals surface area (Å²) in [6, 6.07) is 0. The first kappa shape index (κ1) is 10.4. The number of fused-ring (bicyclic) bond motifs is 1. The van der Waals surface area contributed by atoms with Crippen molar-refractivity contribution in [3.8, 4) is 0 Å². The molecule has 2 nitrogen and oxygen atoms in total. The lowest BCUT2D eigenvalue weighted by atomic mass is 10.0. The standard InChI is InChI=1S/C10H9Br2NOS/c11-10(12)4-3-6-7(8(10)14)13-9(15-6)5-1-2-5/h5H,1-4H2. The summed E-state index contributed by atoms with van der Waals surface area (Å²) >= 11 is 8.58. The summed E-state index contributed by atoms with van der Waals surface area (Å²) < 4.78 is -0.568. The number of aryl methyl sites for hydroxylation is 1. The molecule has 2 aliphatic rings. The summed E-state index contributed by atoms with van der Waals surface area (Å²) in [7, 11) is 0. The molecule has 1 fully saturated rings. The van der Waals surface area contributed by atoms with Gasteiger partial charge in [-0.25, -0.2) is 4.98 Å². The molecule has 0 radical (unpaired) electrons. The van der Waals surface area contributed by atoms with Gasteiger partial charge in [-0.2, -0.15) is 0 Å². The number of rotatable bonds is 1. The fourth-order valence-corrected chi connectivity index (χ4v) is 3.78. The first-order chi connectivity index (χ1) is 7.08. The van der Waals surface area contributed by atoms with Gasteiger partial charge in [0.1, 0.15) is 8.93 Å².